The maximum Gasteiger partial charge on any atom is 0.256 e. The quantitative estimate of drug-likeness (QED) is 0.552. The molecule has 1 aromatic rings. The number of ether oxygens (including phenoxy) is 2. The van der Waals surface area contributed by atoms with Gasteiger partial charge >= 0.3 is 0 Å². The molecule has 1 saturated heterocycles. The van der Waals surface area contributed by atoms with Crippen molar-refractivity contribution in [1.82, 2.24) is 10.6 Å². The Hall–Kier alpha value is -1.67. The van der Waals surface area contributed by atoms with E-state index in [4.69, 9.17) is 9.47 Å². The van der Waals surface area contributed by atoms with Crippen molar-refractivity contribution < 1.29 is 19.1 Å². The maximum atomic E-state index is 12.7. The number of nitrogens with one attached hydrogen (secondary N) is 3. The minimum Gasteiger partial charge on any atom is -0.382 e. The van der Waals surface area contributed by atoms with Gasteiger partial charge in [-0.15, -0.1) is 12.4 Å². The van der Waals surface area contributed by atoms with Crippen molar-refractivity contribution in [2.45, 2.75) is 31.8 Å². The van der Waals surface area contributed by atoms with Gasteiger partial charge in [0.2, 0.25) is 0 Å². The molecule has 1 fully saturated rings. The lowest BCUT2D eigenvalue weighted by Gasteiger charge is -2.34. The number of rotatable bonds is 9. The van der Waals surface area contributed by atoms with Gasteiger partial charge in [0.05, 0.1) is 0 Å². The number of halogens is 1. The Morgan fingerprint density at radius 2 is 2.00 bits per heavy atom. The monoisotopic (exact) mass is 399 g/mol. The van der Waals surface area contributed by atoms with E-state index in [-0.39, 0.29) is 24.2 Å². The zero-order valence-corrected chi connectivity index (χ0v) is 16.8. The largest absolute Gasteiger partial charge is 0.382 e. The minimum atomic E-state index is -0.817. The first kappa shape index (κ1) is 23.4. The van der Waals surface area contributed by atoms with Gasteiger partial charge in [0, 0.05) is 38.1 Å². The van der Waals surface area contributed by atoms with Crippen LogP contribution in [0.25, 0.3) is 0 Å². The lowest BCUT2D eigenvalue weighted by molar-refractivity contribution is -0.140. The van der Waals surface area contributed by atoms with Gasteiger partial charge in [-0.05, 0) is 57.5 Å². The third-order valence-electron chi connectivity index (χ3n) is 4.55. The van der Waals surface area contributed by atoms with Gasteiger partial charge in [-0.1, -0.05) is 6.07 Å². The molecule has 0 spiro atoms. The summed E-state index contributed by atoms with van der Waals surface area (Å²) in [7, 11) is 1.57. The van der Waals surface area contributed by atoms with Crippen LogP contribution in [0, 0.1) is 0 Å². The molecule has 0 saturated carbocycles. The highest BCUT2D eigenvalue weighted by molar-refractivity contribution is 6.00. The van der Waals surface area contributed by atoms with Crippen LogP contribution in [0.2, 0.25) is 0 Å². The molecule has 1 aromatic carbocycles. The minimum absolute atomic E-state index is 0. The van der Waals surface area contributed by atoms with Gasteiger partial charge < -0.3 is 25.4 Å². The highest BCUT2D eigenvalue weighted by Crippen LogP contribution is 2.24. The zero-order chi connectivity index (χ0) is 18.8. The van der Waals surface area contributed by atoms with E-state index in [1.807, 2.05) is 6.92 Å². The topological polar surface area (TPSA) is 88.7 Å². The van der Waals surface area contributed by atoms with Gasteiger partial charge in [0.25, 0.3) is 11.8 Å². The third-order valence-corrected chi connectivity index (χ3v) is 4.55. The number of methoxy groups -OCH3 is 1. The van der Waals surface area contributed by atoms with E-state index in [1.165, 1.54) is 0 Å². The summed E-state index contributed by atoms with van der Waals surface area (Å²) in [5.74, 6) is -0.336. The molecule has 0 atom stereocenters. The fraction of sp³-hybridized carbons (Fsp3) is 0.579. The van der Waals surface area contributed by atoms with E-state index < -0.39 is 5.60 Å². The Labute approximate surface area is 167 Å². The summed E-state index contributed by atoms with van der Waals surface area (Å²) in [6.45, 7) is 5.28. The molecule has 8 heteroatoms. The molecule has 0 unspecified atom stereocenters. The highest BCUT2D eigenvalue weighted by Gasteiger charge is 2.39. The number of carbonyl (C=O) groups excluding carboxylic acids is 2. The van der Waals surface area contributed by atoms with Gasteiger partial charge in [0.1, 0.15) is 5.60 Å². The number of amides is 2. The molecular weight excluding hydrogens is 370 g/mol. The third kappa shape index (κ3) is 6.77. The second-order valence-electron chi connectivity index (χ2n) is 6.29. The van der Waals surface area contributed by atoms with E-state index in [1.54, 1.807) is 31.4 Å². The van der Waals surface area contributed by atoms with Gasteiger partial charge in [-0.2, -0.15) is 0 Å². The molecule has 3 N–H and O–H groups in total. The lowest BCUT2D eigenvalue weighted by atomic mass is 9.91. The molecule has 7 nitrogen and oxygen atoms in total. The summed E-state index contributed by atoms with van der Waals surface area (Å²) >= 11 is 0. The SMILES string of the molecule is CCOCCCNC(=O)c1cccc(NC(=O)C2(OC)CCNCC2)c1.Cl. The number of hydrogen-bond donors (Lipinski definition) is 3. The number of hydrogen-bond acceptors (Lipinski definition) is 5. The standard InChI is InChI=1S/C19H29N3O4.ClH/c1-3-26-13-5-10-21-17(23)15-6-4-7-16(14-15)22-18(24)19(25-2)8-11-20-12-9-19;/h4,6-7,14,20H,3,5,8-13H2,1-2H3,(H,21,23)(H,22,24);1H. The summed E-state index contributed by atoms with van der Waals surface area (Å²) in [6.07, 6.45) is 2.01. The molecule has 2 rings (SSSR count). The molecule has 0 radical (unpaired) electrons. The Bertz CT molecular complexity index is 606. The summed E-state index contributed by atoms with van der Waals surface area (Å²) in [5, 5.41) is 8.97. The van der Waals surface area contributed by atoms with E-state index in [0.717, 1.165) is 19.5 Å². The number of anilines is 1. The van der Waals surface area contributed by atoms with Crippen LogP contribution in [0.1, 0.15) is 36.5 Å². The highest BCUT2D eigenvalue weighted by atomic mass is 35.5. The maximum absolute atomic E-state index is 12.7. The molecule has 0 aliphatic carbocycles. The average molecular weight is 400 g/mol. The van der Waals surface area contributed by atoms with Crippen LogP contribution < -0.4 is 16.0 Å². The smallest absolute Gasteiger partial charge is 0.256 e. The molecule has 1 aliphatic rings. The predicted octanol–water partition coefficient (Wildman–Crippen LogP) is 1.97. The molecule has 2 amide bonds. The van der Waals surface area contributed by atoms with E-state index in [0.29, 0.717) is 43.9 Å². The Morgan fingerprint density at radius 3 is 2.67 bits per heavy atom. The van der Waals surface area contributed by atoms with E-state index in [9.17, 15) is 9.59 Å². The van der Waals surface area contributed by atoms with Crippen molar-refractivity contribution in [1.29, 1.82) is 0 Å². The zero-order valence-electron chi connectivity index (χ0n) is 16.0. The average Bonchev–Trinajstić information content (AvgIpc) is 2.68. The molecule has 0 bridgehead atoms. The molecule has 1 heterocycles. The van der Waals surface area contributed by atoms with Crippen LogP contribution >= 0.6 is 12.4 Å². The Kier molecular flexibility index (Phi) is 10.3. The van der Waals surface area contributed by atoms with Gasteiger partial charge in [0.15, 0.2) is 0 Å². The number of carbonyl (C=O) groups is 2. The van der Waals surface area contributed by atoms with Crippen LogP contribution in [-0.4, -0.2) is 57.4 Å². The summed E-state index contributed by atoms with van der Waals surface area (Å²) < 4.78 is 10.8. The van der Waals surface area contributed by atoms with E-state index >= 15 is 0 Å². The molecule has 1 aliphatic heterocycles. The normalized spacial score (nSPS) is 15.5. The lowest BCUT2D eigenvalue weighted by Crippen LogP contribution is -2.51. The summed E-state index contributed by atoms with van der Waals surface area (Å²) in [4.78, 5) is 24.9. The number of piperidine rings is 1. The van der Waals surface area contributed by atoms with Crippen LogP contribution in [0.3, 0.4) is 0 Å². The van der Waals surface area contributed by atoms with Crippen molar-refractivity contribution >= 4 is 29.9 Å². The van der Waals surface area contributed by atoms with Gasteiger partial charge in [-0.25, -0.2) is 0 Å². The van der Waals surface area contributed by atoms with Crippen LogP contribution in [0.4, 0.5) is 5.69 Å². The van der Waals surface area contributed by atoms with Crippen molar-refractivity contribution in [2.24, 2.45) is 0 Å². The van der Waals surface area contributed by atoms with Crippen LogP contribution in [0.15, 0.2) is 24.3 Å². The molecule has 0 aromatic heterocycles. The van der Waals surface area contributed by atoms with Crippen LogP contribution in [-0.2, 0) is 14.3 Å². The van der Waals surface area contributed by atoms with Crippen LogP contribution in [0.5, 0.6) is 0 Å². The fourth-order valence-electron chi connectivity index (χ4n) is 2.96. The second-order valence-corrected chi connectivity index (χ2v) is 6.29. The molecule has 27 heavy (non-hydrogen) atoms. The Morgan fingerprint density at radius 1 is 1.26 bits per heavy atom. The fourth-order valence-corrected chi connectivity index (χ4v) is 2.96. The molecule has 152 valence electrons. The second kappa shape index (κ2) is 11.9. The first-order valence-corrected chi connectivity index (χ1v) is 9.14. The predicted molar refractivity (Wildman–Crippen MR) is 108 cm³/mol. The van der Waals surface area contributed by atoms with Crippen molar-refractivity contribution in [3.8, 4) is 0 Å². The van der Waals surface area contributed by atoms with Gasteiger partial charge in [-0.3, -0.25) is 9.59 Å². The Balaban J connectivity index is 0.00000364. The summed E-state index contributed by atoms with van der Waals surface area (Å²) in [5.41, 5.74) is 0.283. The first-order chi connectivity index (χ1) is 12.6. The number of benzene rings is 1. The van der Waals surface area contributed by atoms with Crippen molar-refractivity contribution in [3.63, 3.8) is 0 Å². The van der Waals surface area contributed by atoms with E-state index in [2.05, 4.69) is 16.0 Å². The van der Waals surface area contributed by atoms with Crippen molar-refractivity contribution in [3.05, 3.63) is 29.8 Å². The summed E-state index contributed by atoms with van der Waals surface area (Å²) in [6, 6.07) is 6.94. The molecular formula is C19H30ClN3O4. The first-order valence-electron chi connectivity index (χ1n) is 9.14. The van der Waals surface area contributed by atoms with Crippen molar-refractivity contribution in [2.75, 3.05) is 45.3 Å².